The third kappa shape index (κ3) is 3.40. The van der Waals surface area contributed by atoms with Gasteiger partial charge in [0.1, 0.15) is 5.82 Å². The zero-order chi connectivity index (χ0) is 12.3. The Hall–Kier alpha value is -1.16. The number of halogens is 2. The van der Waals surface area contributed by atoms with Crippen LogP contribution in [0.15, 0.2) is 18.5 Å². The van der Waals surface area contributed by atoms with Gasteiger partial charge in [0.25, 0.3) is 5.91 Å². The number of hydrogen-bond acceptors (Lipinski definition) is 2. The van der Waals surface area contributed by atoms with Gasteiger partial charge in [-0.05, 0) is 31.7 Å². The third-order valence-electron chi connectivity index (χ3n) is 2.96. The van der Waals surface area contributed by atoms with E-state index in [0.717, 1.165) is 31.9 Å². The van der Waals surface area contributed by atoms with Gasteiger partial charge in [-0.3, -0.25) is 9.78 Å². The second-order valence-corrected chi connectivity index (χ2v) is 4.93. The molecular weight excluding hydrogens is 243 g/mol. The molecule has 1 heterocycles. The minimum absolute atomic E-state index is 0.140. The maximum absolute atomic E-state index is 12.9. The van der Waals surface area contributed by atoms with E-state index in [-0.39, 0.29) is 22.9 Å². The quantitative estimate of drug-likeness (QED) is 0.826. The highest BCUT2D eigenvalue weighted by Gasteiger charge is 2.21. The molecule has 5 heteroatoms. The van der Waals surface area contributed by atoms with Gasteiger partial charge in [0.05, 0.1) is 11.8 Å². The predicted octanol–water partition coefficient (Wildman–Crippen LogP) is 2.50. The van der Waals surface area contributed by atoms with Gasteiger partial charge in [0.2, 0.25) is 0 Å². The molecule has 1 aliphatic rings. The van der Waals surface area contributed by atoms with Crippen molar-refractivity contribution in [2.75, 3.05) is 0 Å². The number of amides is 1. The fourth-order valence-electron chi connectivity index (χ4n) is 2.00. The van der Waals surface area contributed by atoms with Gasteiger partial charge >= 0.3 is 0 Å². The molecule has 17 heavy (non-hydrogen) atoms. The lowest BCUT2D eigenvalue weighted by atomic mass is 9.95. The molecule has 1 fully saturated rings. The molecule has 1 N–H and O–H groups in total. The van der Waals surface area contributed by atoms with E-state index in [0.29, 0.717) is 0 Å². The van der Waals surface area contributed by atoms with Crippen LogP contribution in [-0.2, 0) is 0 Å². The smallest absolute Gasteiger partial charge is 0.253 e. The van der Waals surface area contributed by atoms with Gasteiger partial charge in [-0.1, -0.05) is 0 Å². The summed E-state index contributed by atoms with van der Waals surface area (Å²) in [5, 5.41) is 3.10. The lowest BCUT2D eigenvalue weighted by Gasteiger charge is -2.25. The van der Waals surface area contributed by atoms with Crippen LogP contribution >= 0.6 is 11.6 Å². The number of hydrogen-bond donors (Lipinski definition) is 1. The molecule has 1 amide bonds. The first-order valence-electron chi connectivity index (χ1n) is 5.70. The number of carbonyl (C=O) groups excluding carboxylic acids is 1. The number of rotatable bonds is 2. The van der Waals surface area contributed by atoms with Crippen LogP contribution < -0.4 is 5.32 Å². The monoisotopic (exact) mass is 256 g/mol. The van der Waals surface area contributed by atoms with Crippen LogP contribution in [0.2, 0.25) is 0 Å². The molecule has 0 bridgehead atoms. The summed E-state index contributed by atoms with van der Waals surface area (Å²) in [7, 11) is 0. The van der Waals surface area contributed by atoms with Crippen molar-refractivity contribution in [2.45, 2.75) is 37.1 Å². The largest absolute Gasteiger partial charge is 0.349 e. The fourth-order valence-corrected chi connectivity index (χ4v) is 2.25. The normalized spacial score (nSPS) is 24.4. The van der Waals surface area contributed by atoms with Crippen molar-refractivity contribution >= 4 is 17.5 Å². The van der Waals surface area contributed by atoms with Gasteiger partial charge < -0.3 is 5.32 Å². The number of aromatic nitrogens is 1. The van der Waals surface area contributed by atoms with Crippen molar-refractivity contribution in [2.24, 2.45) is 0 Å². The van der Waals surface area contributed by atoms with Crippen molar-refractivity contribution < 1.29 is 9.18 Å². The molecule has 1 aromatic heterocycles. The van der Waals surface area contributed by atoms with Crippen LogP contribution in [0.3, 0.4) is 0 Å². The summed E-state index contributed by atoms with van der Waals surface area (Å²) < 4.78 is 12.9. The molecule has 0 aliphatic heterocycles. The van der Waals surface area contributed by atoms with Crippen LogP contribution in [0.1, 0.15) is 36.0 Å². The number of nitrogens with one attached hydrogen (secondary N) is 1. The summed E-state index contributed by atoms with van der Waals surface area (Å²) in [5.41, 5.74) is 0.262. The minimum Gasteiger partial charge on any atom is -0.349 e. The molecule has 1 aliphatic carbocycles. The highest BCUT2D eigenvalue weighted by molar-refractivity contribution is 6.20. The molecular formula is C12H14ClFN2O. The third-order valence-corrected chi connectivity index (χ3v) is 3.40. The van der Waals surface area contributed by atoms with Crippen molar-refractivity contribution in [1.82, 2.24) is 10.3 Å². The van der Waals surface area contributed by atoms with Crippen LogP contribution in [0, 0.1) is 5.82 Å². The molecule has 0 unspecified atom stereocenters. The maximum atomic E-state index is 12.9. The Morgan fingerprint density at radius 1 is 1.35 bits per heavy atom. The topological polar surface area (TPSA) is 42.0 Å². The minimum atomic E-state index is -0.498. The van der Waals surface area contributed by atoms with E-state index in [1.54, 1.807) is 0 Å². The Kier molecular flexibility index (Phi) is 3.94. The molecule has 1 saturated carbocycles. The number of carbonyl (C=O) groups is 1. The molecule has 3 nitrogen and oxygen atoms in total. The van der Waals surface area contributed by atoms with E-state index < -0.39 is 5.82 Å². The summed E-state index contributed by atoms with van der Waals surface area (Å²) in [5.74, 6) is -0.767. The van der Waals surface area contributed by atoms with Gasteiger partial charge in [-0.2, -0.15) is 0 Å². The number of alkyl halides is 1. The van der Waals surface area contributed by atoms with Crippen LogP contribution in [0.25, 0.3) is 0 Å². The fraction of sp³-hybridized carbons (Fsp3) is 0.500. The second kappa shape index (κ2) is 5.45. The standard InChI is InChI=1S/C12H14ClFN2O/c13-9-1-3-11(4-2-9)16-12(17)8-5-10(14)7-15-6-8/h5-7,9,11H,1-4H2,(H,16,17). The molecule has 0 aromatic carbocycles. The zero-order valence-electron chi connectivity index (χ0n) is 9.33. The lowest BCUT2D eigenvalue weighted by Crippen LogP contribution is -2.37. The lowest BCUT2D eigenvalue weighted by molar-refractivity contribution is 0.0927. The average molecular weight is 257 g/mol. The van der Waals surface area contributed by atoms with E-state index in [4.69, 9.17) is 11.6 Å². The van der Waals surface area contributed by atoms with Crippen LogP contribution in [-0.4, -0.2) is 22.3 Å². The highest BCUT2D eigenvalue weighted by Crippen LogP contribution is 2.22. The Bertz CT molecular complexity index is 405. The second-order valence-electron chi connectivity index (χ2n) is 4.31. The van der Waals surface area contributed by atoms with E-state index in [2.05, 4.69) is 10.3 Å². The van der Waals surface area contributed by atoms with Gasteiger partial charge in [-0.15, -0.1) is 11.6 Å². The maximum Gasteiger partial charge on any atom is 0.253 e. The first-order valence-corrected chi connectivity index (χ1v) is 6.14. The van der Waals surface area contributed by atoms with Gasteiger partial charge in [-0.25, -0.2) is 4.39 Å². The Labute approximate surface area is 104 Å². The summed E-state index contributed by atoms with van der Waals surface area (Å²) in [6, 6.07) is 1.33. The molecule has 0 atom stereocenters. The van der Waals surface area contributed by atoms with Crippen molar-refractivity contribution in [3.63, 3.8) is 0 Å². The first kappa shape index (κ1) is 12.3. The van der Waals surface area contributed by atoms with E-state index in [9.17, 15) is 9.18 Å². The summed E-state index contributed by atoms with van der Waals surface area (Å²) in [4.78, 5) is 15.4. The highest BCUT2D eigenvalue weighted by atomic mass is 35.5. The molecule has 92 valence electrons. The molecule has 2 rings (SSSR count). The van der Waals surface area contributed by atoms with E-state index in [1.807, 2.05) is 0 Å². The molecule has 0 radical (unpaired) electrons. The van der Waals surface area contributed by atoms with Crippen molar-refractivity contribution in [1.29, 1.82) is 0 Å². The first-order chi connectivity index (χ1) is 8.15. The number of pyridine rings is 1. The molecule has 1 aromatic rings. The van der Waals surface area contributed by atoms with Crippen molar-refractivity contribution in [3.8, 4) is 0 Å². The summed E-state index contributed by atoms with van der Waals surface area (Å²) in [6.07, 6.45) is 6.02. The zero-order valence-corrected chi connectivity index (χ0v) is 10.1. The SMILES string of the molecule is O=C(NC1CCC(Cl)CC1)c1cncc(F)c1. The summed E-state index contributed by atoms with van der Waals surface area (Å²) >= 11 is 5.98. The number of nitrogens with zero attached hydrogens (tertiary/aromatic N) is 1. The summed E-state index contributed by atoms with van der Waals surface area (Å²) in [6.45, 7) is 0. The molecule has 0 spiro atoms. The van der Waals surface area contributed by atoms with Gasteiger partial charge in [0, 0.05) is 17.6 Å². The Morgan fingerprint density at radius 3 is 2.71 bits per heavy atom. The van der Waals surface area contributed by atoms with E-state index in [1.165, 1.54) is 12.3 Å². The van der Waals surface area contributed by atoms with Gasteiger partial charge in [0.15, 0.2) is 0 Å². The Balaban J connectivity index is 1.93. The van der Waals surface area contributed by atoms with Crippen molar-refractivity contribution in [3.05, 3.63) is 29.8 Å². The van der Waals surface area contributed by atoms with E-state index >= 15 is 0 Å². The van der Waals surface area contributed by atoms with Crippen LogP contribution in [0.5, 0.6) is 0 Å². The van der Waals surface area contributed by atoms with Crippen LogP contribution in [0.4, 0.5) is 4.39 Å². The average Bonchev–Trinajstić information content (AvgIpc) is 2.32. The molecule has 0 saturated heterocycles. The predicted molar refractivity (Wildman–Crippen MR) is 63.6 cm³/mol. The Morgan fingerprint density at radius 2 is 2.06 bits per heavy atom.